The van der Waals surface area contributed by atoms with Crippen LogP contribution in [0.5, 0.6) is 0 Å². The summed E-state index contributed by atoms with van der Waals surface area (Å²) >= 11 is 0. The van der Waals surface area contributed by atoms with E-state index in [1.54, 1.807) is 0 Å². The molecular formula is C21H21F2N3O4. The van der Waals surface area contributed by atoms with Crippen LogP contribution < -0.4 is 10.2 Å². The minimum Gasteiger partial charge on any atom is -0.385 e. The van der Waals surface area contributed by atoms with E-state index in [1.807, 2.05) is 0 Å². The lowest BCUT2D eigenvalue weighted by Gasteiger charge is -2.21. The molecule has 7 nitrogen and oxygen atoms in total. The molecule has 0 radical (unpaired) electrons. The Bertz CT molecular complexity index is 919. The molecule has 30 heavy (non-hydrogen) atoms. The van der Waals surface area contributed by atoms with Crippen molar-refractivity contribution in [2.75, 3.05) is 30.5 Å². The molecule has 4 amide bonds. The minimum absolute atomic E-state index is 0.213. The van der Waals surface area contributed by atoms with Gasteiger partial charge in [0.05, 0.1) is 12.1 Å². The van der Waals surface area contributed by atoms with Crippen LogP contribution in [0.2, 0.25) is 0 Å². The molecule has 1 aliphatic rings. The molecule has 0 saturated carbocycles. The molecule has 2 aromatic rings. The summed E-state index contributed by atoms with van der Waals surface area (Å²) < 4.78 is 31.3. The van der Waals surface area contributed by atoms with Crippen LogP contribution in [-0.2, 0) is 14.3 Å². The maximum Gasteiger partial charge on any atom is 0.332 e. The summed E-state index contributed by atoms with van der Waals surface area (Å²) in [5.41, 5.74) is 0.601. The van der Waals surface area contributed by atoms with Crippen LogP contribution in [0.25, 0.3) is 0 Å². The van der Waals surface area contributed by atoms with Crippen LogP contribution in [0.3, 0.4) is 0 Å². The molecule has 0 bridgehead atoms. The molecule has 3 rings (SSSR count). The number of hydrogen-bond donors (Lipinski definition) is 1. The predicted molar refractivity (Wildman–Crippen MR) is 106 cm³/mol. The van der Waals surface area contributed by atoms with Crippen LogP contribution in [-0.4, -0.2) is 49.0 Å². The van der Waals surface area contributed by atoms with E-state index in [9.17, 15) is 23.2 Å². The van der Waals surface area contributed by atoms with Crippen molar-refractivity contribution in [3.8, 4) is 0 Å². The van der Waals surface area contributed by atoms with E-state index in [2.05, 4.69) is 5.32 Å². The van der Waals surface area contributed by atoms with Crippen LogP contribution in [0.1, 0.15) is 12.8 Å². The summed E-state index contributed by atoms with van der Waals surface area (Å²) in [6, 6.07) is 8.58. The zero-order chi connectivity index (χ0) is 21.7. The summed E-state index contributed by atoms with van der Waals surface area (Å²) in [5, 5.41) is 2.59. The fourth-order valence-corrected chi connectivity index (χ4v) is 3.22. The average molecular weight is 417 g/mol. The van der Waals surface area contributed by atoms with Gasteiger partial charge in [-0.15, -0.1) is 0 Å². The number of hydrogen-bond acceptors (Lipinski definition) is 4. The maximum atomic E-state index is 13.2. The fourth-order valence-electron chi connectivity index (χ4n) is 3.22. The number of anilines is 2. The number of ether oxygens (including phenoxy) is 1. The Morgan fingerprint density at radius 1 is 1.03 bits per heavy atom. The number of carbonyl (C=O) groups is 3. The van der Waals surface area contributed by atoms with E-state index < -0.39 is 35.5 Å². The number of methoxy groups -OCH3 is 1. The number of rotatable bonds is 8. The van der Waals surface area contributed by atoms with E-state index in [-0.39, 0.29) is 18.7 Å². The first-order valence-corrected chi connectivity index (χ1v) is 9.35. The van der Waals surface area contributed by atoms with Gasteiger partial charge in [-0.1, -0.05) is 0 Å². The number of nitrogens with one attached hydrogen (secondary N) is 1. The second-order valence-electron chi connectivity index (χ2n) is 6.75. The van der Waals surface area contributed by atoms with Crippen LogP contribution in [0, 0.1) is 11.6 Å². The van der Waals surface area contributed by atoms with Crippen LogP contribution in [0.15, 0.2) is 48.5 Å². The molecule has 0 spiro atoms. The third-order valence-corrected chi connectivity index (χ3v) is 4.66. The molecule has 0 aromatic heterocycles. The first kappa shape index (κ1) is 21.4. The standard InChI is InChI=1S/C21H21F2N3O4/c1-30-12-2-11-25-18(13-19(27)24-16-7-3-14(22)4-8-16)20(28)26(21(25)29)17-9-5-15(23)6-10-17/h3-10,18H,2,11-13H2,1H3,(H,24,27). The highest BCUT2D eigenvalue weighted by Gasteiger charge is 2.46. The third-order valence-electron chi connectivity index (χ3n) is 4.66. The zero-order valence-electron chi connectivity index (χ0n) is 16.3. The van der Waals surface area contributed by atoms with E-state index in [0.717, 1.165) is 17.0 Å². The van der Waals surface area contributed by atoms with Gasteiger partial charge in [-0.3, -0.25) is 9.59 Å². The van der Waals surface area contributed by atoms with Crippen molar-refractivity contribution in [1.82, 2.24) is 4.90 Å². The lowest BCUT2D eigenvalue weighted by molar-refractivity contribution is -0.124. The summed E-state index contributed by atoms with van der Waals surface area (Å²) in [6.07, 6.45) is 0.204. The van der Waals surface area contributed by atoms with Crippen molar-refractivity contribution in [1.29, 1.82) is 0 Å². The van der Waals surface area contributed by atoms with Crippen molar-refractivity contribution >= 4 is 29.2 Å². The maximum absolute atomic E-state index is 13.2. The van der Waals surface area contributed by atoms with E-state index in [1.165, 1.54) is 48.4 Å². The van der Waals surface area contributed by atoms with Gasteiger partial charge >= 0.3 is 6.03 Å². The Morgan fingerprint density at radius 3 is 2.23 bits per heavy atom. The zero-order valence-corrected chi connectivity index (χ0v) is 16.3. The molecule has 1 aliphatic heterocycles. The quantitative estimate of drug-likeness (QED) is 0.529. The van der Waals surface area contributed by atoms with Gasteiger partial charge in [-0.05, 0) is 55.0 Å². The summed E-state index contributed by atoms with van der Waals surface area (Å²) in [4.78, 5) is 40.6. The number of urea groups is 1. The molecule has 158 valence electrons. The van der Waals surface area contributed by atoms with E-state index >= 15 is 0 Å². The Labute approximate surface area is 172 Å². The average Bonchev–Trinajstić information content (AvgIpc) is 2.94. The Kier molecular flexibility index (Phi) is 6.73. The van der Waals surface area contributed by atoms with Crippen molar-refractivity contribution < 1.29 is 27.9 Å². The summed E-state index contributed by atoms with van der Waals surface area (Å²) in [6.45, 7) is 0.591. The van der Waals surface area contributed by atoms with Gasteiger partial charge < -0.3 is 15.0 Å². The molecule has 0 aliphatic carbocycles. The number of imide groups is 1. The van der Waals surface area contributed by atoms with Crippen molar-refractivity contribution in [2.24, 2.45) is 0 Å². The normalized spacial score (nSPS) is 16.3. The fraction of sp³-hybridized carbons (Fsp3) is 0.286. The first-order valence-electron chi connectivity index (χ1n) is 9.35. The molecule has 9 heteroatoms. The molecule has 1 fully saturated rings. The van der Waals surface area contributed by atoms with Gasteiger partial charge in [0.1, 0.15) is 17.7 Å². The number of halogens is 2. The number of carbonyl (C=O) groups excluding carboxylic acids is 3. The molecule has 1 saturated heterocycles. The highest BCUT2D eigenvalue weighted by atomic mass is 19.1. The minimum atomic E-state index is -1.01. The largest absolute Gasteiger partial charge is 0.385 e. The van der Waals surface area contributed by atoms with Gasteiger partial charge in [0.25, 0.3) is 5.91 Å². The lowest BCUT2D eigenvalue weighted by atomic mass is 10.1. The topological polar surface area (TPSA) is 79.0 Å². The summed E-state index contributed by atoms with van der Waals surface area (Å²) in [7, 11) is 1.52. The summed E-state index contributed by atoms with van der Waals surface area (Å²) in [5.74, 6) is -2.00. The lowest BCUT2D eigenvalue weighted by Crippen LogP contribution is -2.38. The van der Waals surface area contributed by atoms with Gasteiger partial charge in [-0.25, -0.2) is 18.5 Å². The van der Waals surface area contributed by atoms with Crippen LogP contribution >= 0.6 is 0 Å². The third kappa shape index (κ3) is 4.80. The molecule has 1 atom stereocenters. The molecule has 1 heterocycles. The Balaban J connectivity index is 1.78. The van der Waals surface area contributed by atoms with Crippen molar-refractivity contribution in [2.45, 2.75) is 18.9 Å². The van der Waals surface area contributed by atoms with Crippen molar-refractivity contribution in [3.05, 3.63) is 60.2 Å². The molecule has 1 unspecified atom stereocenters. The number of benzene rings is 2. The van der Waals surface area contributed by atoms with E-state index in [0.29, 0.717) is 18.7 Å². The second-order valence-corrected chi connectivity index (χ2v) is 6.75. The van der Waals surface area contributed by atoms with Gasteiger partial charge in [-0.2, -0.15) is 0 Å². The SMILES string of the molecule is COCCCN1C(=O)N(c2ccc(F)cc2)C(=O)C1CC(=O)Nc1ccc(F)cc1. The smallest absolute Gasteiger partial charge is 0.332 e. The number of amides is 4. The Morgan fingerprint density at radius 2 is 1.63 bits per heavy atom. The molecule has 2 aromatic carbocycles. The number of nitrogens with zero attached hydrogens (tertiary/aromatic N) is 2. The van der Waals surface area contributed by atoms with Gasteiger partial charge in [0.2, 0.25) is 5.91 Å². The van der Waals surface area contributed by atoms with Crippen LogP contribution in [0.4, 0.5) is 25.0 Å². The highest BCUT2D eigenvalue weighted by molar-refractivity contribution is 6.22. The monoisotopic (exact) mass is 417 g/mol. The van der Waals surface area contributed by atoms with E-state index in [4.69, 9.17) is 4.74 Å². The second kappa shape index (κ2) is 9.45. The molecule has 1 N–H and O–H groups in total. The van der Waals surface area contributed by atoms with Gasteiger partial charge in [0.15, 0.2) is 0 Å². The Hall–Kier alpha value is -3.33. The van der Waals surface area contributed by atoms with Gasteiger partial charge in [0, 0.05) is 25.9 Å². The predicted octanol–water partition coefficient (Wildman–Crippen LogP) is 3.17. The first-order chi connectivity index (χ1) is 14.4. The highest BCUT2D eigenvalue weighted by Crippen LogP contribution is 2.27. The van der Waals surface area contributed by atoms with Crippen molar-refractivity contribution in [3.63, 3.8) is 0 Å². The molecular weight excluding hydrogens is 396 g/mol.